The fourth-order valence-corrected chi connectivity index (χ4v) is 5.14. The van der Waals surface area contributed by atoms with Crippen molar-refractivity contribution in [1.29, 1.82) is 0 Å². The fraction of sp³-hybridized carbons (Fsp3) is 0.467. The van der Waals surface area contributed by atoms with Crippen molar-refractivity contribution >= 4 is 11.9 Å². The SMILES string of the molecule is CCN(CC)CCN(Cc1ccc2c(c1)CCC2)Cc1ccc2c(c1)CCC2.O=C(O)C=CC(=O)O. The van der Waals surface area contributed by atoms with Gasteiger partial charge >= 0.3 is 11.9 Å². The highest BCUT2D eigenvalue weighted by atomic mass is 16.4. The molecular weight excluding hydrogens is 452 g/mol. The quantitative estimate of drug-likeness (QED) is 0.442. The van der Waals surface area contributed by atoms with Gasteiger partial charge in [0, 0.05) is 38.3 Å². The zero-order chi connectivity index (χ0) is 25.9. The van der Waals surface area contributed by atoms with Gasteiger partial charge in [-0.2, -0.15) is 0 Å². The van der Waals surface area contributed by atoms with Gasteiger partial charge in [0.25, 0.3) is 0 Å². The van der Waals surface area contributed by atoms with Gasteiger partial charge in [0.05, 0.1) is 0 Å². The second kappa shape index (κ2) is 14.0. The molecule has 2 aromatic carbocycles. The number of benzene rings is 2. The summed E-state index contributed by atoms with van der Waals surface area (Å²) in [4.78, 5) is 24.3. The van der Waals surface area contributed by atoms with Crippen LogP contribution in [0.5, 0.6) is 0 Å². The Labute approximate surface area is 215 Å². The maximum atomic E-state index is 9.55. The molecule has 0 aliphatic heterocycles. The third-order valence-electron chi connectivity index (χ3n) is 7.13. The van der Waals surface area contributed by atoms with Gasteiger partial charge in [-0.15, -0.1) is 0 Å². The van der Waals surface area contributed by atoms with Gasteiger partial charge in [-0.3, -0.25) is 4.90 Å². The van der Waals surface area contributed by atoms with E-state index in [0.29, 0.717) is 12.2 Å². The van der Waals surface area contributed by atoms with E-state index in [1.165, 1.54) is 49.7 Å². The summed E-state index contributed by atoms with van der Waals surface area (Å²) < 4.78 is 0. The van der Waals surface area contributed by atoms with Crippen molar-refractivity contribution in [2.24, 2.45) is 0 Å². The number of carbonyl (C=O) groups is 2. The Balaban J connectivity index is 0.000000392. The largest absolute Gasteiger partial charge is 0.478 e. The van der Waals surface area contributed by atoms with Gasteiger partial charge in [0.2, 0.25) is 0 Å². The Morgan fingerprint density at radius 1 is 0.694 bits per heavy atom. The van der Waals surface area contributed by atoms with E-state index in [2.05, 4.69) is 60.0 Å². The van der Waals surface area contributed by atoms with Crippen LogP contribution in [-0.2, 0) is 48.4 Å². The lowest BCUT2D eigenvalue weighted by molar-refractivity contribution is -0.134. The molecule has 6 nitrogen and oxygen atoms in total. The number of fused-ring (bicyclic) bond motifs is 2. The van der Waals surface area contributed by atoms with E-state index in [1.54, 1.807) is 22.3 Å². The van der Waals surface area contributed by atoms with Crippen molar-refractivity contribution < 1.29 is 19.8 Å². The van der Waals surface area contributed by atoms with Crippen molar-refractivity contribution in [2.75, 3.05) is 26.2 Å². The molecule has 0 unspecified atom stereocenters. The van der Waals surface area contributed by atoms with E-state index in [4.69, 9.17) is 10.2 Å². The highest BCUT2D eigenvalue weighted by Gasteiger charge is 2.15. The predicted octanol–water partition coefficient (Wildman–Crippen LogP) is 4.72. The zero-order valence-corrected chi connectivity index (χ0v) is 21.7. The van der Waals surface area contributed by atoms with Crippen molar-refractivity contribution in [2.45, 2.75) is 65.5 Å². The molecule has 0 saturated heterocycles. The first-order chi connectivity index (χ1) is 17.4. The third-order valence-corrected chi connectivity index (χ3v) is 7.13. The van der Waals surface area contributed by atoms with E-state index in [0.717, 1.165) is 39.3 Å². The van der Waals surface area contributed by atoms with Gasteiger partial charge in [0.15, 0.2) is 0 Å². The third kappa shape index (κ3) is 8.61. The summed E-state index contributed by atoms with van der Waals surface area (Å²) in [7, 11) is 0. The van der Waals surface area contributed by atoms with Crippen molar-refractivity contribution in [3.63, 3.8) is 0 Å². The number of aryl methyl sites for hydroxylation is 4. The average molecular weight is 493 g/mol. The van der Waals surface area contributed by atoms with E-state index >= 15 is 0 Å². The number of hydrogen-bond acceptors (Lipinski definition) is 4. The summed E-state index contributed by atoms with van der Waals surface area (Å²) in [5.41, 5.74) is 9.33. The number of likely N-dealkylation sites (N-methyl/N-ethyl adjacent to an activating group) is 1. The number of rotatable bonds is 11. The van der Waals surface area contributed by atoms with Crippen LogP contribution < -0.4 is 0 Å². The highest BCUT2D eigenvalue weighted by Crippen LogP contribution is 2.25. The normalized spacial score (nSPS) is 14.1. The molecule has 6 heteroatoms. The molecule has 2 N–H and O–H groups in total. The van der Waals surface area contributed by atoms with Crippen LogP contribution >= 0.6 is 0 Å². The summed E-state index contributed by atoms with van der Waals surface area (Å²) in [6.45, 7) is 11.2. The molecule has 194 valence electrons. The van der Waals surface area contributed by atoms with Crippen LogP contribution in [0.1, 0.15) is 60.1 Å². The van der Waals surface area contributed by atoms with Crippen molar-refractivity contribution in [3.05, 3.63) is 81.9 Å². The zero-order valence-electron chi connectivity index (χ0n) is 21.7. The topological polar surface area (TPSA) is 81.1 Å². The molecule has 0 fully saturated rings. The predicted molar refractivity (Wildman–Crippen MR) is 143 cm³/mol. The minimum absolute atomic E-state index is 0.558. The Bertz CT molecular complexity index is 983. The van der Waals surface area contributed by atoms with Crippen LogP contribution in [0.2, 0.25) is 0 Å². The van der Waals surface area contributed by atoms with Crippen molar-refractivity contribution in [3.8, 4) is 0 Å². The summed E-state index contributed by atoms with van der Waals surface area (Å²) >= 11 is 0. The molecule has 0 spiro atoms. The van der Waals surface area contributed by atoms with E-state index in [1.807, 2.05) is 0 Å². The Hall–Kier alpha value is -2.96. The molecule has 0 amide bonds. The molecule has 36 heavy (non-hydrogen) atoms. The van der Waals surface area contributed by atoms with Gasteiger partial charge in [0.1, 0.15) is 0 Å². The molecule has 0 bridgehead atoms. The Morgan fingerprint density at radius 3 is 1.53 bits per heavy atom. The lowest BCUT2D eigenvalue weighted by Gasteiger charge is -2.27. The molecule has 0 heterocycles. The summed E-state index contributed by atoms with van der Waals surface area (Å²) in [6, 6.07) is 14.5. The Morgan fingerprint density at radius 2 is 1.11 bits per heavy atom. The van der Waals surface area contributed by atoms with Crippen LogP contribution in [-0.4, -0.2) is 58.1 Å². The first kappa shape index (κ1) is 27.6. The van der Waals surface area contributed by atoms with E-state index in [9.17, 15) is 9.59 Å². The second-order valence-electron chi connectivity index (χ2n) is 9.66. The van der Waals surface area contributed by atoms with Crippen LogP contribution in [0.3, 0.4) is 0 Å². The molecule has 0 saturated carbocycles. The molecule has 0 aromatic heterocycles. The van der Waals surface area contributed by atoms with E-state index in [-0.39, 0.29) is 0 Å². The highest BCUT2D eigenvalue weighted by molar-refractivity contribution is 5.89. The Kier molecular flexibility index (Phi) is 10.7. The van der Waals surface area contributed by atoms with Gasteiger partial charge in [-0.05, 0) is 85.0 Å². The van der Waals surface area contributed by atoms with Crippen molar-refractivity contribution in [1.82, 2.24) is 9.80 Å². The van der Waals surface area contributed by atoms with Crippen LogP contribution in [0.15, 0.2) is 48.6 Å². The number of aliphatic carboxylic acids is 2. The first-order valence-corrected chi connectivity index (χ1v) is 13.2. The molecule has 2 aliphatic carbocycles. The summed E-state index contributed by atoms with van der Waals surface area (Å²) in [5, 5.41) is 15.6. The molecule has 0 atom stereocenters. The van der Waals surface area contributed by atoms with Gasteiger partial charge in [-0.1, -0.05) is 50.2 Å². The minimum Gasteiger partial charge on any atom is -0.478 e. The molecular formula is C30H40N2O4. The lowest BCUT2D eigenvalue weighted by Crippen LogP contribution is -2.34. The molecule has 4 rings (SSSR count). The van der Waals surface area contributed by atoms with Crippen LogP contribution in [0.25, 0.3) is 0 Å². The number of carboxylic acid groups (broad SMARTS) is 2. The monoisotopic (exact) mass is 492 g/mol. The molecule has 0 radical (unpaired) electrons. The fourth-order valence-electron chi connectivity index (χ4n) is 5.14. The number of nitrogens with zero attached hydrogens (tertiary/aromatic N) is 2. The number of hydrogen-bond donors (Lipinski definition) is 2. The van der Waals surface area contributed by atoms with Crippen LogP contribution in [0, 0.1) is 0 Å². The van der Waals surface area contributed by atoms with Gasteiger partial charge < -0.3 is 15.1 Å². The van der Waals surface area contributed by atoms with E-state index < -0.39 is 11.9 Å². The maximum Gasteiger partial charge on any atom is 0.328 e. The summed E-state index contributed by atoms with van der Waals surface area (Å²) in [5.74, 6) is -2.51. The van der Waals surface area contributed by atoms with Crippen LogP contribution in [0.4, 0.5) is 0 Å². The maximum absolute atomic E-state index is 9.55. The summed E-state index contributed by atoms with van der Waals surface area (Å²) in [6.07, 6.45) is 8.87. The average Bonchev–Trinajstić information content (AvgIpc) is 3.52. The first-order valence-electron chi connectivity index (χ1n) is 13.2. The number of carboxylic acids is 2. The smallest absolute Gasteiger partial charge is 0.328 e. The molecule has 2 aliphatic rings. The molecule has 2 aromatic rings. The minimum atomic E-state index is -1.26. The second-order valence-corrected chi connectivity index (χ2v) is 9.66. The standard InChI is InChI=1S/C26H36N2.C4H4O4/c1-3-27(4-2)15-16-28(19-21-11-13-23-7-5-9-25(23)17-21)20-22-12-14-24-8-6-10-26(24)18-22;5-3(6)1-2-4(7)8/h11-14,17-18H,3-10,15-16,19-20H2,1-2H3;1-2H,(H,5,6)(H,7,8). The van der Waals surface area contributed by atoms with Gasteiger partial charge in [-0.25, -0.2) is 9.59 Å². The lowest BCUT2D eigenvalue weighted by atomic mass is 10.0.